The Morgan fingerprint density at radius 3 is 3.05 bits per heavy atom. The normalized spacial score (nSPS) is 18.6. The van der Waals surface area contributed by atoms with Crippen molar-refractivity contribution in [1.82, 2.24) is 15.3 Å². The van der Waals surface area contributed by atoms with E-state index in [1.807, 2.05) is 13.1 Å². The van der Waals surface area contributed by atoms with Gasteiger partial charge in [-0.15, -0.1) is 11.3 Å². The molecule has 3 aromatic rings. The Labute approximate surface area is 140 Å². The van der Waals surface area contributed by atoms with Gasteiger partial charge < -0.3 is 16.0 Å². The maximum absolute atomic E-state index is 5.97. The minimum absolute atomic E-state index is 0.345. The molecule has 3 heterocycles. The van der Waals surface area contributed by atoms with Crippen LogP contribution in [0.15, 0.2) is 22.7 Å². The van der Waals surface area contributed by atoms with Gasteiger partial charge >= 0.3 is 0 Å². The van der Waals surface area contributed by atoms with Crippen LogP contribution in [-0.2, 0) is 0 Å². The van der Waals surface area contributed by atoms with Crippen LogP contribution in [0.5, 0.6) is 0 Å². The predicted octanol–water partition coefficient (Wildman–Crippen LogP) is 2.99. The van der Waals surface area contributed by atoms with E-state index >= 15 is 0 Å². The molecule has 7 heteroatoms. The molecule has 1 fully saturated rings. The molecule has 1 saturated heterocycles. The lowest BCUT2D eigenvalue weighted by atomic mass is 10.2. The second-order valence-corrected chi connectivity index (χ2v) is 7.51. The minimum atomic E-state index is 0.345. The van der Waals surface area contributed by atoms with Gasteiger partial charge in [0.25, 0.3) is 0 Å². The molecule has 0 spiro atoms. The number of likely N-dealkylation sites (N-methyl/N-ethyl adjacent to an activating group) is 1. The van der Waals surface area contributed by atoms with Gasteiger partial charge in [-0.1, -0.05) is 22.0 Å². The van der Waals surface area contributed by atoms with Gasteiger partial charge in [0, 0.05) is 33.7 Å². The highest BCUT2D eigenvalue weighted by atomic mass is 79.9. The first-order valence-electron chi connectivity index (χ1n) is 7.23. The third-order valence-corrected chi connectivity index (χ3v) is 5.80. The molecule has 0 amide bonds. The molecule has 2 aromatic heterocycles. The SMILES string of the molecule is CN[C@H]1CCN(c2nc(N)nc3c2sc2cc(Br)ccc23)C1. The first kappa shape index (κ1) is 14.2. The number of nitrogens with zero attached hydrogens (tertiary/aromatic N) is 3. The monoisotopic (exact) mass is 377 g/mol. The number of anilines is 2. The van der Waals surface area contributed by atoms with E-state index in [1.165, 1.54) is 4.70 Å². The van der Waals surface area contributed by atoms with E-state index in [0.29, 0.717) is 12.0 Å². The summed E-state index contributed by atoms with van der Waals surface area (Å²) in [4.78, 5) is 11.3. The first-order valence-corrected chi connectivity index (χ1v) is 8.84. The second kappa shape index (κ2) is 5.33. The number of benzene rings is 1. The number of hydrogen-bond acceptors (Lipinski definition) is 6. The molecule has 114 valence electrons. The van der Waals surface area contributed by atoms with Gasteiger partial charge in [-0.05, 0) is 25.6 Å². The highest BCUT2D eigenvalue weighted by Gasteiger charge is 2.25. The van der Waals surface area contributed by atoms with Crippen LogP contribution in [0.3, 0.4) is 0 Å². The molecule has 0 radical (unpaired) electrons. The number of halogens is 1. The maximum Gasteiger partial charge on any atom is 0.222 e. The van der Waals surface area contributed by atoms with Gasteiger partial charge in [0.05, 0.1) is 10.2 Å². The molecule has 1 aliphatic rings. The zero-order chi connectivity index (χ0) is 15.3. The van der Waals surface area contributed by atoms with Gasteiger partial charge in [-0.3, -0.25) is 0 Å². The van der Waals surface area contributed by atoms with Crippen LogP contribution >= 0.6 is 27.3 Å². The first-order chi connectivity index (χ1) is 10.7. The average molecular weight is 378 g/mol. The van der Waals surface area contributed by atoms with Gasteiger partial charge in [0.15, 0.2) is 5.82 Å². The number of fused-ring (bicyclic) bond motifs is 3. The third kappa shape index (κ3) is 2.24. The Morgan fingerprint density at radius 2 is 2.27 bits per heavy atom. The quantitative estimate of drug-likeness (QED) is 0.718. The zero-order valence-corrected chi connectivity index (χ0v) is 14.5. The molecule has 1 aromatic carbocycles. The number of rotatable bonds is 2. The summed E-state index contributed by atoms with van der Waals surface area (Å²) in [5, 5.41) is 4.48. The molecular formula is C15H16BrN5S. The van der Waals surface area contributed by atoms with Gasteiger partial charge in [0.1, 0.15) is 0 Å². The summed E-state index contributed by atoms with van der Waals surface area (Å²) >= 11 is 5.27. The summed E-state index contributed by atoms with van der Waals surface area (Å²) in [5.74, 6) is 1.32. The lowest BCUT2D eigenvalue weighted by Crippen LogP contribution is -2.30. The Hall–Kier alpha value is -1.44. The molecule has 3 N–H and O–H groups in total. The molecule has 0 unspecified atom stereocenters. The largest absolute Gasteiger partial charge is 0.368 e. The van der Waals surface area contributed by atoms with Crippen LogP contribution in [0, 0.1) is 0 Å². The van der Waals surface area contributed by atoms with E-state index in [9.17, 15) is 0 Å². The molecule has 22 heavy (non-hydrogen) atoms. The van der Waals surface area contributed by atoms with E-state index in [1.54, 1.807) is 11.3 Å². The van der Waals surface area contributed by atoms with Crippen molar-refractivity contribution >= 4 is 59.3 Å². The lowest BCUT2D eigenvalue weighted by Gasteiger charge is -2.18. The van der Waals surface area contributed by atoms with Crippen molar-refractivity contribution in [3.63, 3.8) is 0 Å². The van der Waals surface area contributed by atoms with Crippen LogP contribution in [0.25, 0.3) is 20.3 Å². The molecule has 4 rings (SSSR count). The number of nitrogens with one attached hydrogen (secondary N) is 1. The average Bonchev–Trinajstić information content (AvgIpc) is 3.10. The fraction of sp³-hybridized carbons (Fsp3) is 0.333. The Morgan fingerprint density at radius 1 is 1.41 bits per heavy atom. The lowest BCUT2D eigenvalue weighted by molar-refractivity contribution is 0.616. The predicted molar refractivity (Wildman–Crippen MR) is 96.7 cm³/mol. The molecule has 5 nitrogen and oxygen atoms in total. The van der Waals surface area contributed by atoms with Gasteiger partial charge in [0.2, 0.25) is 5.95 Å². The fourth-order valence-electron chi connectivity index (χ4n) is 3.02. The van der Waals surface area contributed by atoms with Crippen molar-refractivity contribution in [2.75, 3.05) is 30.8 Å². The molecule has 1 atom stereocenters. The van der Waals surface area contributed by atoms with Crippen molar-refractivity contribution in [1.29, 1.82) is 0 Å². The zero-order valence-electron chi connectivity index (χ0n) is 12.1. The van der Waals surface area contributed by atoms with Crippen molar-refractivity contribution in [2.24, 2.45) is 0 Å². The number of nitrogens with two attached hydrogens (primary N) is 1. The van der Waals surface area contributed by atoms with Crippen LogP contribution in [0.2, 0.25) is 0 Å². The number of nitrogen functional groups attached to an aromatic ring is 1. The van der Waals surface area contributed by atoms with Gasteiger partial charge in [-0.2, -0.15) is 4.98 Å². The van der Waals surface area contributed by atoms with E-state index in [0.717, 1.165) is 45.4 Å². The molecule has 0 aliphatic carbocycles. The number of aromatic nitrogens is 2. The summed E-state index contributed by atoms with van der Waals surface area (Å²) in [5.41, 5.74) is 6.93. The minimum Gasteiger partial charge on any atom is -0.368 e. The fourth-order valence-corrected chi connectivity index (χ4v) is 4.73. The molecule has 1 aliphatic heterocycles. The van der Waals surface area contributed by atoms with Crippen molar-refractivity contribution in [3.05, 3.63) is 22.7 Å². The van der Waals surface area contributed by atoms with Crippen molar-refractivity contribution in [3.8, 4) is 0 Å². The van der Waals surface area contributed by atoms with Crippen molar-refractivity contribution in [2.45, 2.75) is 12.5 Å². The maximum atomic E-state index is 5.97. The number of hydrogen-bond donors (Lipinski definition) is 2. The van der Waals surface area contributed by atoms with Crippen LogP contribution in [0.4, 0.5) is 11.8 Å². The summed E-state index contributed by atoms with van der Waals surface area (Å²) < 4.78 is 3.40. The third-order valence-electron chi connectivity index (χ3n) is 4.17. The Kier molecular flexibility index (Phi) is 3.43. The topological polar surface area (TPSA) is 67.1 Å². The highest BCUT2D eigenvalue weighted by Crippen LogP contribution is 2.39. The van der Waals surface area contributed by atoms with Crippen LogP contribution in [0.1, 0.15) is 6.42 Å². The van der Waals surface area contributed by atoms with Crippen LogP contribution < -0.4 is 16.0 Å². The van der Waals surface area contributed by atoms with E-state index in [-0.39, 0.29) is 0 Å². The standard InChI is InChI=1S/C15H16BrN5S/c1-18-9-4-5-21(7-9)14-13-12(19-15(17)20-14)10-3-2-8(16)6-11(10)22-13/h2-3,6,9,18H,4-5,7H2,1H3,(H2,17,19,20)/t9-/m0/s1. The summed E-state index contributed by atoms with van der Waals surface area (Å²) in [6.45, 7) is 1.95. The van der Waals surface area contributed by atoms with E-state index in [2.05, 4.69) is 48.2 Å². The molecule has 0 bridgehead atoms. The number of thiophene rings is 1. The Bertz CT molecular complexity index is 862. The van der Waals surface area contributed by atoms with Crippen molar-refractivity contribution < 1.29 is 0 Å². The van der Waals surface area contributed by atoms with Gasteiger partial charge in [-0.25, -0.2) is 4.98 Å². The van der Waals surface area contributed by atoms with E-state index < -0.39 is 0 Å². The summed E-state index contributed by atoms with van der Waals surface area (Å²) in [7, 11) is 2.01. The van der Waals surface area contributed by atoms with Crippen LogP contribution in [-0.4, -0.2) is 36.1 Å². The van der Waals surface area contributed by atoms with E-state index in [4.69, 9.17) is 5.73 Å². The molecular weight excluding hydrogens is 362 g/mol. The molecule has 0 saturated carbocycles. The smallest absolute Gasteiger partial charge is 0.222 e. The highest BCUT2D eigenvalue weighted by molar-refractivity contribution is 9.10. The summed E-state index contributed by atoms with van der Waals surface area (Å²) in [6, 6.07) is 6.77. The second-order valence-electron chi connectivity index (χ2n) is 5.55. The Balaban J connectivity index is 1.92. The summed E-state index contributed by atoms with van der Waals surface area (Å²) in [6.07, 6.45) is 1.12.